The van der Waals surface area contributed by atoms with Gasteiger partial charge in [0, 0.05) is 14.1 Å². The predicted octanol–water partition coefficient (Wildman–Crippen LogP) is 1.30. The van der Waals surface area contributed by atoms with Crippen molar-refractivity contribution in [3.05, 3.63) is 34.9 Å². The van der Waals surface area contributed by atoms with Crippen LogP contribution in [-0.4, -0.2) is 49.3 Å². The van der Waals surface area contributed by atoms with Crippen molar-refractivity contribution in [3.8, 4) is 0 Å². The average Bonchev–Trinajstić information content (AvgIpc) is 2.49. The summed E-state index contributed by atoms with van der Waals surface area (Å²) >= 11 is 5.99. The van der Waals surface area contributed by atoms with E-state index in [4.69, 9.17) is 11.6 Å². The molecule has 0 bridgehead atoms. The van der Waals surface area contributed by atoms with Crippen LogP contribution in [0.4, 0.5) is 0 Å². The second kappa shape index (κ2) is 8.53. The monoisotopic (exact) mass is 339 g/mol. The van der Waals surface area contributed by atoms with Gasteiger partial charge in [-0.05, 0) is 18.1 Å². The third kappa shape index (κ3) is 5.56. The van der Waals surface area contributed by atoms with Crippen LogP contribution in [0.2, 0.25) is 5.02 Å². The van der Waals surface area contributed by atoms with Crippen molar-refractivity contribution in [2.24, 2.45) is 5.92 Å². The first kappa shape index (κ1) is 19.0. The molecule has 0 fully saturated rings. The third-order valence-electron chi connectivity index (χ3n) is 3.27. The second-order valence-electron chi connectivity index (χ2n) is 5.68. The minimum Gasteiger partial charge on any atom is -0.347 e. The van der Waals surface area contributed by atoms with E-state index in [-0.39, 0.29) is 18.4 Å². The summed E-state index contributed by atoms with van der Waals surface area (Å²) in [6.45, 7) is 3.51. The predicted molar refractivity (Wildman–Crippen MR) is 89.2 cm³/mol. The second-order valence-corrected chi connectivity index (χ2v) is 6.09. The molecule has 1 atom stereocenters. The van der Waals surface area contributed by atoms with Crippen molar-refractivity contribution in [2.75, 3.05) is 20.6 Å². The molecule has 0 aliphatic heterocycles. The van der Waals surface area contributed by atoms with Crippen LogP contribution in [0.25, 0.3) is 0 Å². The average molecular weight is 340 g/mol. The molecule has 3 amide bonds. The maximum absolute atomic E-state index is 12.3. The van der Waals surface area contributed by atoms with E-state index in [1.165, 1.54) is 4.90 Å². The zero-order valence-electron chi connectivity index (χ0n) is 13.7. The fraction of sp³-hybridized carbons (Fsp3) is 0.438. The Labute approximate surface area is 141 Å². The topological polar surface area (TPSA) is 78.5 Å². The molecular weight excluding hydrogens is 318 g/mol. The minimum atomic E-state index is -0.756. The maximum Gasteiger partial charge on any atom is 0.253 e. The van der Waals surface area contributed by atoms with Gasteiger partial charge in [-0.2, -0.15) is 0 Å². The number of rotatable bonds is 6. The standard InChI is InChI=1S/C16H22ClN3O3/c1-10(2)14(16(23)18-9-13(21)20(3)4)19-15(22)11-7-5-6-8-12(11)17/h5-8,10,14H,9H2,1-4H3,(H,18,23)(H,19,22)/t14-/m0/s1. The van der Waals surface area contributed by atoms with Crippen LogP contribution in [0.15, 0.2) is 24.3 Å². The third-order valence-corrected chi connectivity index (χ3v) is 3.60. The lowest BCUT2D eigenvalue weighted by Crippen LogP contribution is -2.51. The fourth-order valence-corrected chi connectivity index (χ4v) is 2.05. The van der Waals surface area contributed by atoms with Gasteiger partial charge in [0.2, 0.25) is 11.8 Å². The smallest absolute Gasteiger partial charge is 0.253 e. The molecule has 2 N–H and O–H groups in total. The molecule has 0 radical (unpaired) electrons. The quantitative estimate of drug-likeness (QED) is 0.820. The molecule has 0 saturated carbocycles. The molecule has 0 aromatic heterocycles. The number of carbonyl (C=O) groups excluding carboxylic acids is 3. The van der Waals surface area contributed by atoms with Crippen molar-refractivity contribution in [2.45, 2.75) is 19.9 Å². The highest BCUT2D eigenvalue weighted by atomic mass is 35.5. The number of hydrogen-bond acceptors (Lipinski definition) is 3. The summed E-state index contributed by atoms with van der Waals surface area (Å²) in [5, 5.41) is 5.52. The Morgan fingerprint density at radius 1 is 1.17 bits per heavy atom. The zero-order valence-corrected chi connectivity index (χ0v) is 14.5. The molecule has 0 spiro atoms. The lowest BCUT2D eigenvalue weighted by Gasteiger charge is -2.22. The Bertz CT molecular complexity index is 588. The van der Waals surface area contributed by atoms with Crippen LogP contribution in [0.5, 0.6) is 0 Å². The molecule has 0 heterocycles. The first-order valence-corrected chi connectivity index (χ1v) is 7.65. The Hall–Kier alpha value is -2.08. The molecule has 0 aliphatic rings. The van der Waals surface area contributed by atoms with Gasteiger partial charge in [0.25, 0.3) is 5.91 Å². The summed E-state index contributed by atoms with van der Waals surface area (Å²) in [5.41, 5.74) is 0.303. The molecule has 0 aliphatic carbocycles. The van der Waals surface area contributed by atoms with Gasteiger partial charge >= 0.3 is 0 Å². The van der Waals surface area contributed by atoms with E-state index in [1.807, 2.05) is 13.8 Å². The van der Waals surface area contributed by atoms with E-state index in [9.17, 15) is 14.4 Å². The molecule has 7 heteroatoms. The van der Waals surface area contributed by atoms with Crippen LogP contribution < -0.4 is 10.6 Å². The zero-order chi connectivity index (χ0) is 17.6. The fourth-order valence-electron chi connectivity index (χ4n) is 1.83. The minimum absolute atomic E-state index is 0.114. The number of likely N-dealkylation sites (N-methyl/N-ethyl adjacent to an activating group) is 1. The van der Waals surface area contributed by atoms with Crippen molar-refractivity contribution in [1.82, 2.24) is 15.5 Å². The molecular formula is C16H22ClN3O3. The molecule has 126 valence electrons. The van der Waals surface area contributed by atoms with Crippen LogP contribution in [0, 0.1) is 5.92 Å². The van der Waals surface area contributed by atoms with E-state index >= 15 is 0 Å². The van der Waals surface area contributed by atoms with Crippen LogP contribution >= 0.6 is 11.6 Å². The number of benzene rings is 1. The molecule has 6 nitrogen and oxygen atoms in total. The molecule has 0 unspecified atom stereocenters. The van der Waals surface area contributed by atoms with Crippen molar-refractivity contribution < 1.29 is 14.4 Å². The summed E-state index contributed by atoms with van der Waals surface area (Å²) in [6.07, 6.45) is 0. The molecule has 1 aromatic rings. The van der Waals surface area contributed by atoms with Crippen molar-refractivity contribution >= 4 is 29.3 Å². The van der Waals surface area contributed by atoms with Crippen LogP contribution in [0.3, 0.4) is 0 Å². The summed E-state index contributed by atoms with van der Waals surface area (Å²) in [7, 11) is 3.21. The van der Waals surface area contributed by atoms with Crippen LogP contribution in [-0.2, 0) is 9.59 Å². The number of amides is 3. The number of nitrogens with one attached hydrogen (secondary N) is 2. The van der Waals surface area contributed by atoms with Gasteiger partial charge in [-0.25, -0.2) is 0 Å². The Kier molecular flexibility index (Phi) is 7.03. The number of halogens is 1. The highest BCUT2D eigenvalue weighted by molar-refractivity contribution is 6.33. The van der Waals surface area contributed by atoms with E-state index in [0.717, 1.165) is 0 Å². The molecule has 1 rings (SSSR count). The Balaban J connectivity index is 2.75. The molecule has 1 aromatic carbocycles. The highest BCUT2D eigenvalue weighted by Crippen LogP contribution is 2.15. The van der Waals surface area contributed by atoms with E-state index in [0.29, 0.717) is 10.6 Å². The first-order valence-electron chi connectivity index (χ1n) is 7.27. The summed E-state index contributed by atoms with van der Waals surface area (Å²) < 4.78 is 0. The molecule has 0 saturated heterocycles. The lowest BCUT2D eigenvalue weighted by atomic mass is 10.0. The number of hydrogen-bond donors (Lipinski definition) is 2. The first-order chi connectivity index (χ1) is 10.7. The summed E-state index contributed by atoms with van der Waals surface area (Å²) in [5.74, 6) is -1.20. The summed E-state index contributed by atoms with van der Waals surface area (Å²) in [4.78, 5) is 37.4. The van der Waals surface area contributed by atoms with E-state index < -0.39 is 17.9 Å². The van der Waals surface area contributed by atoms with Gasteiger partial charge in [0.1, 0.15) is 6.04 Å². The van der Waals surface area contributed by atoms with Crippen molar-refractivity contribution in [3.63, 3.8) is 0 Å². The van der Waals surface area contributed by atoms with Gasteiger partial charge in [-0.3, -0.25) is 14.4 Å². The van der Waals surface area contributed by atoms with E-state index in [1.54, 1.807) is 38.4 Å². The Morgan fingerprint density at radius 3 is 2.30 bits per heavy atom. The lowest BCUT2D eigenvalue weighted by molar-refractivity contribution is -0.131. The molecule has 23 heavy (non-hydrogen) atoms. The highest BCUT2D eigenvalue weighted by Gasteiger charge is 2.25. The SMILES string of the molecule is CC(C)[C@H](NC(=O)c1ccccc1Cl)C(=O)NCC(=O)N(C)C. The Morgan fingerprint density at radius 2 is 1.78 bits per heavy atom. The van der Waals surface area contributed by atoms with Gasteiger partial charge in [-0.15, -0.1) is 0 Å². The maximum atomic E-state index is 12.3. The van der Waals surface area contributed by atoms with Crippen molar-refractivity contribution in [1.29, 1.82) is 0 Å². The van der Waals surface area contributed by atoms with Gasteiger partial charge in [-0.1, -0.05) is 37.6 Å². The summed E-state index contributed by atoms with van der Waals surface area (Å²) in [6, 6.07) is 5.85. The van der Waals surface area contributed by atoms with Gasteiger partial charge < -0.3 is 15.5 Å². The van der Waals surface area contributed by atoms with Gasteiger partial charge in [0.05, 0.1) is 17.1 Å². The normalized spacial score (nSPS) is 11.7. The van der Waals surface area contributed by atoms with E-state index in [2.05, 4.69) is 10.6 Å². The largest absolute Gasteiger partial charge is 0.347 e. The number of carbonyl (C=O) groups is 3. The van der Waals surface area contributed by atoms with Crippen LogP contribution in [0.1, 0.15) is 24.2 Å². The van der Waals surface area contributed by atoms with Gasteiger partial charge in [0.15, 0.2) is 0 Å². The number of nitrogens with zero attached hydrogens (tertiary/aromatic N) is 1.